The first-order chi connectivity index (χ1) is 16.9. The summed E-state index contributed by atoms with van der Waals surface area (Å²) >= 11 is 7.91. The van der Waals surface area contributed by atoms with Gasteiger partial charge in [0.25, 0.3) is 11.6 Å². The van der Waals surface area contributed by atoms with Crippen molar-refractivity contribution in [1.82, 2.24) is 0 Å². The van der Waals surface area contributed by atoms with Crippen molar-refractivity contribution in [2.24, 2.45) is 0 Å². The van der Waals surface area contributed by atoms with Gasteiger partial charge in [-0.2, -0.15) is 0 Å². The second-order valence-electron chi connectivity index (χ2n) is 10.5. The number of nitro groups is 1. The van der Waals surface area contributed by atoms with Crippen LogP contribution in [0.25, 0.3) is 10.1 Å². The van der Waals surface area contributed by atoms with E-state index in [0.717, 1.165) is 23.2 Å². The molecule has 0 unspecified atom stereocenters. The van der Waals surface area contributed by atoms with Crippen LogP contribution in [-0.2, 0) is 5.41 Å². The lowest BCUT2D eigenvalue weighted by Crippen LogP contribution is -2.55. The van der Waals surface area contributed by atoms with E-state index in [2.05, 4.69) is 65.0 Å². The fraction of sp³-hybridized carbons (Fsp3) is 0.276. The number of hydrogen-bond acceptors (Lipinski definition) is 4. The van der Waals surface area contributed by atoms with Gasteiger partial charge in [-0.3, -0.25) is 14.9 Å². The maximum atomic E-state index is 14.2. The lowest BCUT2D eigenvalue weighted by molar-refractivity contribution is -0.384. The molecule has 1 aliphatic heterocycles. The van der Waals surface area contributed by atoms with Crippen molar-refractivity contribution in [2.75, 3.05) is 4.90 Å². The lowest BCUT2D eigenvalue weighted by Gasteiger charge is -2.51. The van der Waals surface area contributed by atoms with Crippen LogP contribution in [0.3, 0.4) is 0 Å². The highest BCUT2D eigenvalue weighted by atomic mass is 35.5. The van der Waals surface area contributed by atoms with Crippen LogP contribution in [0.5, 0.6) is 0 Å². The van der Waals surface area contributed by atoms with Gasteiger partial charge in [-0.05, 0) is 57.4 Å². The average Bonchev–Trinajstić information content (AvgIpc) is 3.15. The molecule has 3 aromatic carbocycles. The minimum Gasteiger partial charge on any atom is -0.302 e. The summed E-state index contributed by atoms with van der Waals surface area (Å²) in [5, 5.41) is 12.3. The highest BCUT2D eigenvalue weighted by molar-refractivity contribution is 7.21. The molecule has 0 spiro atoms. The van der Waals surface area contributed by atoms with Gasteiger partial charge < -0.3 is 4.90 Å². The van der Waals surface area contributed by atoms with E-state index in [4.69, 9.17) is 11.6 Å². The third-order valence-corrected chi connectivity index (χ3v) is 8.93. The third kappa shape index (κ3) is 3.80. The molecule has 4 aromatic rings. The standard InChI is InChI=1S/C29H27ClN2O3S/c1-17-6-9-19(10-7-17)29(5)16-28(3,4)31(23-13-8-18(2)14-22(23)29)27(33)26-25(30)21-12-11-20(32(34)35)15-24(21)36-26/h6-15H,16H2,1-5H3/t29-/m1/s1. The van der Waals surface area contributed by atoms with E-state index in [1.807, 2.05) is 17.0 Å². The highest BCUT2D eigenvalue weighted by Crippen LogP contribution is 2.52. The van der Waals surface area contributed by atoms with Crippen LogP contribution in [0.1, 0.15) is 59.1 Å². The van der Waals surface area contributed by atoms with Crippen molar-refractivity contribution >= 4 is 50.3 Å². The molecule has 5 rings (SSSR count). The number of nitro benzene ring substituents is 1. The van der Waals surface area contributed by atoms with Gasteiger partial charge in [0, 0.05) is 38.9 Å². The monoisotopic (exact) mass is 518 g/mol. The molecule has 36 heavy (non-hydrogen) atoms. The molecule has 0 radical (unpaired) electrons. The molecule has 1 atom stereocenters. The number of carbonyl (C=O) groups excluding carboxylic acids is 1. The number of anilines is 1. The van der Waals surface area contributed by atoms with Crippen LogP contribution < -0.4 is 4.90 Å². The molecule has 0 fully saturated rings. The summed E-state index contributed by atoms with van der Waals surface area (Å²) in [5.74, 6) is -0.190. The van der Waals surface area contributed by atoms with Crippen molar-refractivity contribution in [3.05, 3.63) is 103 Å². The van der Waals surface area contributed by atoms with E-state index in [-0.39, 0.29) is 17.0 Å². The van der Waals surface area contributed by atoms with Crippen LogP contribution in [0.4, 0.5) is 11.4 Å². The summed E-state index contributed by atoms with van der Waals surface area (Å²) in [6.07, 6.45) is 0.721. The minimum absolute atomic E-state index is 0.0209. The Hall–Kier alpha value is -3.22. The highest BCUT2D eigenvalue weighted by Gasteiger charge is 2.48. The maximum Gasteiger partial charge on any atom is 0.270 e. The molecule has 184 valence electrons. The molecular formula is C29H27ClN2O3S. The number of nitrogens with zero attached hydrogens (tertiary/aromatic N) is 2. The largest absolute Gasteiger partial charge is 0.302 e. The topological polar surface area (TPSA) is 63.5 Å². The summed E-state index contributed by atoms with van der Waals surface area (Å²) in [6, 6.07) is 19.4. The molecule has 5 nitrogen and oxygen atoms in total. The van der Waals surface area contributed by atoms with Crippen LogP contribution in [0.15, 0.2) is 60.7 Å². The Balaban J connectivity index is 1.68. The van der Waals surface area contributed by atoms with E-state index in [1.165, 1.54) is 34.6 Å². The molecule has 1 aromatic heterocycles. The molecule has 0 saturated carbocycles. The Labute approximate surface area is 219 Å². The average molecular weight is 519 g/mol. The molecule has 2 heterocycles. The zero-order chi connectivity index (χ0) is 26.0. The molecule has 1 amide bonds. The summed E-state index contributed by atoms with van der Waals surface area (Å²) in [6.45, 7) is 10.6. The number of thiophene rings is 1. The fourth-order valence-electron chi connectivity index (χ4n) is 5.62. The van der Waals surface area contributed by atoms with Crippen molar-refractivity contribution in [2.45, 2.75) is 52.0 Å². The zero-order valence-corrected chi connectivity index (χ0v) is 22.5. The molecule has 0 N–H and O–H groups in total. The van der Waals surface area contributed by atoms with Crippen LogP contribution in [0.2, 0.25) is 5.02 Å². The predicted molar refractivity (Wildman–Crippen MR) is 148 cm³/mol. The van der Waals surface area contributed by atoms with Gasteiger partial charge in [0.1, 0.15) is 4.88 Å². The Morgan fingerprint density at radius 1 is 1.00 bits per heavy atom. The number of aryl methyl sites for hydroxylation is 2. The van der Waals surface area contributed by atoms with Gasteiger partial charge >= 0.3 is 0 Å². The fourth-order valence-corrected chi connectivity index (χ4v) is 7.10. The number of rotatable bonds is 3. The van der Waals surface area contributed by atoms with Gasteiger partial charge in [-0.25, -0.2) is 0 Å². The molecule has 1 aliphatic rings. The Bertz CT molecular complexity index is 1540. The summed E-state index contributed by atoms with van der Waals surface area (Å²) in [7, 11) is 0. The number of hydrogen-bond donors (Lipinski definition) is 0. The first kappa shape index (κ1) is 24.5. The van der Waals surface area contributed by atoms with E-state index in [9.17, 15) is 14.9 Å². The van der Waals surface area contributed by atoms with Gasteiger partial charge in [0.05, 0.1) is 9.95 Å². The summed E-state index contributed by atoms with van der Waals surface area (Å²) in [5.41, 5.74) is 4.69. The van der Waals surface area contributed by atoms with E-state index in [0.29, 0.717) is 20.0 Å². The van der Waals surface area contributed by atoms with E-state index < -0.39 is 10.5 Å². The molecule has 0 aliphatic carbocycles. The summed E-state index contributed by atoms with van der Waals surface area (Å²) in [4.78, 5) is 27.3. The number of halogens is 1. The van der Waals surface area contributed by atoms with Gasteiger partial charge in [0.2, 0.25) is 0 Å². The lowest BCUT2D eigenvalue weighted by atomic mass is 9.65. The third-order valence-electron chi connectivity index (χ3n) is 7.29. The SMILES string of the molecule is Cc1ccc([C@@]2(C)CC(C)(C)N(C(=O)c3sc4cc([N+](=O)[O-])ccc4c3Cl)c3ccc(C)cc32)cc1. The predicted octanol–water partition coefficient (Wildman–Crippen LogP) is 8.21. The first-order valence-corrected chi connectivity index (χ1v) is 13.0. The smallest absolute Gasteiger partial charge is 0.270 e. The number of carbonyl (C=O) groups is 1. The first-order valence-electron chi connectivity index (χ1n) is 11.8. The van der Waals surface area contributed by atoms with E-state index >= 15 is 0 Å². The van der Waals surface area contributed by atoms with Crippen molar-refractivity contribution in [3.63, 3.8) is 0 Å². The Morgan fingerprint density at radius 3 is 2.33 bits per heavy atom. The maximum absolute atomic E-state index is 14.2. The van der Waals surface area contributed by atoms with Crippen molar-refractivity contribution < 1.29 is 9.72 Å². The molecule has 0 bridgehead atoms. The number of non-ortho nitro benzene ring substituents is 1. The second kappa shape index (κ2) is 8.43. The minimum atomic E-state index is -0.523. The zero-order valence-electron chi connectivity index (χ0n) is 20.9. The van der Waals surface area contributed by atoms with E-state index in [1.54, 1.807) is 6.07 Å². The van der Waals surface area contributed by atoms with Gasteiger partial charge in [-0.15, -0.1) is 11.3 Å². The van der Waals surface area contributed by atoms with Gasteiger partial charge in [-0.1, -0.05) is 66.0 Å². The second-order valence-corrected chi connectivity index (χ2v) is 12.0. The van der Waals surface area contributed by atoms with Crippen LogP contribution >= 0.6 is 22.9 Å². The van der Waals surface area contributed by atoms with Crippen LogP contribution in [-0.4, -0.2) is 16.4 Å². The molecular weight excluding hydrogens is 492 g/mol. The van der Waals surface area contributed by atoms with Crippen molar-refractivity contribution in [1.29, 1.82) is 0 Å². The Kier molecular flexibility index (Phi) is 5.73. The van der Waals surface area contributed by atoms with Crippen molar-refractivity contribution in [3.8, 4) is 0 Å². The quantitative estimate of drug-likeness (QED) is 0.203. The summed E-state index contributed by atoms with van der Waals surface area (Å²) < 4.78 is 0.626. The normalized spacial score (nSPS) is 18.8. The number of fused-ring (bicyclic) bond motifs is 2. The van der Waals surface area contributed by atoms with Crippen LogP contribution in [0, 0.1) is 24.0 Å². The Morgan fingerprint density at radius 2 is 1.67 bits per heavy atom. The molecule has 7 heteroatoms. The number of benzene rings is 3. The number of amides is 1. The van der Waals surface area contributed by atoms with Gasteiger partial charge in [0.15, 0.2) is 0 Å². The molecule has 0 saturated heterocycles.